The summed E-state index contributed by atoms with van der Waals surface area (Å²) in [7, 11) is 1.30. The number of hydrogen-bond acceptors (Lipinski definition) is 7. The summed E-state index contributed by atoms with van der Waals surface area (Å²) >= 11 is 0. The maximum absolute atomic E-state index is 12.3. The van der Waals surface area contributed by atoms with Gasteiger partial charge in [0.05, 0.1) is 32.1 Å². The van der Waals surface area contributed by atoms with Gasteiger partial charge in [-0.15, -0.1) is 5.69 Å². The van der Waals surface area contributed by atoms with E-state index in [1.54, 1.807) is 0 Å². The predicted molar refractivity (Wildman–Crippen MR) is 135 cm³/mol. The first-order valence-corrected chi connectivity index (χ1v) is 11.8. The summed E-state index contributed by atoms with van der Waals surface area (Å²) in [6, 6.07) is 13.0. The molecule has 9 nitrogen and oxygen atoms in total. The van der Waals surface area contributed by atoms with Crippen LogP contribution in [0, 0.1) is 0 Å². The largest absolute Gasteiger partial charge is 1.00 e. The van der Waals surface area contributed by atoms with E-state index in [0.717, 1.165) is 23.6 Å². The molecule has 1 atom stereocenters. The predicted octanol–water partition coefficient (Wildman–Crippen LogP) is 0.773. The van der Waals surface area contributed by atoms with E-state index in [2.05, 4.69) is 25.4 Å². The number of nitrogens with zero attached hydrogens (tertiary/aromatic N) is 1. The molecule has 10 heteroatoms. The molecule has 0 spiro atoms. The molecule has 0 saturated carbocycles. The molecular formula is C26H36KN3O6. The number of fused-ring (bicyclic) bond motifs is 1. The van der Waals surface area contributed by atoms with Crippen LogP contribution in [-0.4, -0.2) is 57.1 Å². The van der Waals surface area contributed by atoms with Gasteiger partial charge in [-0.25, -0.2) is 0 Å². The van der Waals surface area contributed by atoms with Gasteiger partial charge in [0.1, 0.15) is 0 Å². The zero-order valence-electron chi connectivity index (χ0n) is 21.7. The summed E-state index contributed by atoms with van der Waals surface area (Å²) in [4.78, 5) is 45.1. The zero-order valence-corrected chi connectivity index (χ0v) is 24.9. The summed E-state index contributed by atoms with van der Waals surface area (Å²) in [6.07, 6.45) is 2.63. The van der Waals surface area contributed by atoms with E-state index in [1.807, 2.05) is 56.3 Å². The molecule has 0 fully saturated rings. The third-order valence-electron chi connectivity index (χ3n) is 4.94. The van der Waals surface area contributed by atoms with Crippen molar-refractivity contribution >= 4 is 40.7 Å². The van der Waals surface area contributed by atoms with Crippen molar-refractivity contribution in [2.45, 2.75) is 52.0 Å². The van der Waals surface area contributed by atoms with Gasteiger partial charge in [-0.05, 0) is 36.6 Å². The van der Waals surface area contributed by atoms with E-state index in [9.17, 15) is 19.2 Å². The number of ether oxygens (including phenoxy) is 2. The molecule has 0 aliphatic carbocycles. The van der Waals surface area contributed by atoms with E-state index >= 15 is 0 Å². The third kappa shape index (κ3) is 14.7. The minimum atomic E-state index is -0.515. The number of unbranched alkanes of at least 4 members (excludes halogenated alkanes) is 1. The smallest absolute Gasteiger partial charge is 0.627 e. The molecule has 0 radical (unpaired) electrons. The molecule has 2 rings (SSSR count). The Bertz CT molecular complexity index is 941. The molecule has 2 amide bonds. The molecule has 2 aromatic rings. The Morgan fingerprint density at radius 2 is 1.78 bits per heavy atom. The third-order valence-corrected chi connectivity index (χ3v) is 4.94. The summed E-state index contributed by atoms with van der Waals surface area (Å²) in [5.41, 5.74) is 0.603. The maximum atomic E-state index is 12.3. The molecule has 192 valence electrons. The fourth-order valence-electron chi connectivity index (χ4n) is 3.08. The molecule has 2 aromatic carbocycles. The number of carbonyl (C=O) groups is 4. The molecule has 36 heavy (non-hydrogen) atoms. The van der Waals surface area contributed by atoms with Crippen LogP contribution in [0.4, 0.5) is 5.69 Å². The zero-order chi connectivity index (χ0) is 25.9. The monoisotopic (exact) mass is 525 g/mol. The number of methoxy groups -OCH3 is 1. The maximum Gasteiger partial charge on any atom is 1.00 e. The normalized spacial score (nSPS) is 10.6. The van der Waals surface area contributed by atoms with E-state index in [0.29, 0.717) is 31.7 Å². The minimum Gasteiger partial charge on any atom is -0.627 e. The van der Waals surface area contributed by atoms with Crippen molar-refractivity contribution in [3.8, 4) is 0 Å². The van der Waals surface area contributed by atoms with E-state index in [1.165, 1.54) is 7.11 Å². The summed E-state index contributed by atoms with van der Waals surface area (Å²) < 4.78 is 8.93. The number of nitrogens with one attached hydrogen (secondary N) is 2. The van der Waals surface area contributed by atoms with Crippen molar-refractivity contribution < 1.29 is 80.0 Å². The molecule has 0 heterocycles. The number of rotatable bonds is 14. The van der Waals surface area contributed by atoms with E-state index in [-0.39, 0.29) is 88.6 Å². The van der Waals surface area contributed by atoms with E-state index in [4.69, 9.17) is 0 Å². The van der Waals surface area contributed by atoms with Gasteiger partial charge in [0.2, 0.25) is 5.91 Å². The Kier molecular flexibility index (Phi) is 20.2. The SMILES string of the molecule is CCCCOC=O.CCNC(CCC(=O)[N-]c1ccc2ccccc2c1)C(=O)NCCC(=O)OC.[K+]. The fourth-order valence-corrected chi connectivity index (χ4v) is 3.08. The van der Waals surface area contributed by atoms with Crippen molar-refractivity contribution in [2.75, 3.05) is 26.8 Å². The molecule has 2 N–H and O–H groups in total. The summed E-state index contributed by atoms with van der Waals surface area (Å²) in [5.74, 6) is -0.908. The summed E-state index contributed by atoms with van der Waals surface area (Å²) in [5, 5.41) is 12.0. The number of esters is 1. The number of hydrogen-bond donors (Lipinski definition) is 2. The van der Waals surface area contributed by atoms with Gasteiger partial charge in [0.15, 0.2) is 0 Å². The topological polar surface area (TPSA) is 125 Å². The first kappa shape index (κ1) is 34.2. The quantitative estimate of drug-likeness (QED) is 0.162. The Balaban J connectivity index is 0.00000134. The molecule has 1 unspecified atom stereocenters. The van der Waals surface area contributed by atoms with Crippen molar-refractivity contribution in [3.63, 3.8) is 0 Å². The second-order valence-electron chi connectivity index (χ2n) is 7.62. The second-order valence-corrected chi connectivity index (χ2v) is 7.62. The molecule has 0 aromatic heterocycles. The van der Waals surface area contributed by atoms with Crippen molar-refractivity contribution in [3.05, 3.63) is 47.8 Å². The first-order chi connectivity index (χ1) is 16.9. The van der Waals surface area contributed by atoms with Crippen molar-refractivity contribution in [1.29, 1.82) is 0 Å². The van der Waals surface area contributed by atoms with Crippen LogP contribution in [0.25, 0.3) is 16.1 Å². The molecule has 0 saturated heterocycles. The molecular weight excluding hydrogens is 489 g/mol. The Hall–Kier alpha value is -1.82. The molecule has 0 aliphatic rings. The standard InChI is InChI=1S/C21H27N3O4.C5H10O2.K/c1-3-22-18(21(27)23-13-12-20(26)28-2)10-11-19(25)24-17-9-8-15-6-4-5-7-16(15)14-17;1-2-3-4-7-5-6;/h4-9,14,18,22H,3,10-13H2,1-2H3,(H2,23,24,25,27);5H,2-4H2,1H3;/q;;+1/p-1. The van der Waals surface area contributed by atoms with Crippen LogP contribution < -0.4 is 62.0 Å². The van der Waals surface area contributed by atoms with Crippen LogP contribution in [0.5, 0.6) is 0 Å². The van der Waals surface area contributed by atoms with Crippen LogP contribution in [-0.2, 0) is 28.7 Å². The number of likely N-dealkylation sites (N-methyl/N-ethyl adjacent to an activating group) is 1. The van der Waals surface area contributed by atoms with Crippen LogP contribution in [0.15, 0.2) is 42.5 Å². The van der Waals surface area contributed by atoms with E-state index < -0.39 is 6.04 Å². The van der Waals surface area contributed by atoms with Gasteiger partial charge in [0, 0.05) is 6.54 Å². The number of carbonyl (C=O) groups excluding carboxylic acids is 4. The first-order valence-electron chi connectivity index (χ1n) is 11.8. The Labute approximate surface area is 255 Å². The Morgan fingerprint density at radius 3 is 2.42 bits per heavy atom. The van der Waals surface area contributed by atoms with Gasteiger partial charge < -0.3 is 30.2 Å². The van der Waals surface area contributed by atoms with Gasteiger partial charge in [-0.2, -0.15) is 0 Å². The average molecular weight is 526 g/mol. The van der Waals surface area contributed by atoms with Gasteiger partial charge in [-0.1, -0.05) is 62.7 Å². The van der Waals surface area contributed by atoms with Crippen molar-refractivity contribution in [2.24, 2.45) is 0 Å². The Morgan fingerprint density at radius 1 is 1.06 bits per heavy atom. The number of benzene rings is 2. The molecule has 0 aliphatic heterocycles. The summed E-state index contributed by atoms with van der Waals surface area (Å²) in [6.45, 7) is 5.77. The van der Waals surface area contributed by atoms with Gasteiger partial charge in [0.25, 0.3) is 6.47 Å². The number of amides is 2. The van der Waals surface area contributed by atoms with Gasteiger partial charge >= 0.3 is 57.4 Å². The average Bonchev–Trinajstić information content (AvgIpc) is 2.87. The minimum absolute atomic E-state index is 0. The molecule has 0 bridgehead atoms. The van der Waals surface area contributed by atoms with Crippen molar-refractivity contribution in [1.82, 2.24) is 10.6 Å². The van der Waals surface area contributed by atoms with Crippen LogP contribution in [0.2, 0.25) is 0 Å². The van der Waals surface area contributed by atoms with Crippen LogP contribution in [0.3, 0.4) is 0 Å². The van der Waals surface area contributed by atoms with Crippen LogP contribution >= 0.6 is 0 Å². The van der Waals surface area contributed by atoms with Gasteiger partial charge in [-0.3, -0.25) is 14.4 Å². The second kappa shape index (κ2) is 21.3. The van der Waals surface area contributed by atoms with Crippen LogP contribution in [0.1, 0.15) is 46.0 Å². The fraction of sp³-hybridized carbons (Fsp3) is 0.462.